The van der Waals surface area contributed by atoms with Crippen molar-refractivity contribution in [3.63, 3.8) is 0 Å². The van der Waals surface area contributed by atoms with E-state index in [2.05, 4.69) is 0 Å². The molecule has 0 atom stereocenters. The molecule has 0 fully saturated rings. The molecule has 1 aliphatic heterocycles. The van der Waals surface area contributed by atoms with Gasteiger partial charge in [0.2, 0.25) is 6.79 Å². The molecule has 2 rings (SSSR count). The summed E-state index contributed by atoms with van der Waals surface area (Å²) in [5.41, 5.74) is 0.275. The van der Waals surface area contributed by atoms with Crippen LogP contribution in [0.1, 0.15) is 17.3 Å². The van der Waals surface area contributed by atoms with E-state index in [1.165, 1.54) is 17.0 Å². The second-order valence-electron chi connectivity index (χ2n) is 3.90. The van der Waals surface area contributed by atoms with Gasteiger partial charge in [-0.25, -0.2) is 0 Å². The van der Waals surface area contributed by atoms with Gasteiger partial charge >= 0.3 is 5.97 Å². The Labute approximate surface area is 114 Å². The van der Waals surface area contributed by atoms with Gasteiger partial charge in [0, 0.05) is 12.1 Å². The van der Waals surface area contributed by atoms with Gasteiger partial charge in [-0.2, -0.15) is 0 Å². The quantitative estimate of drug-likeness (QED) is 0.909. The summed E-state index contributed by atoms with van der Waals surface area (Å²) in [4.78, 5) is 24.1. The van der Waals surface area contributed by atoms with Crippen molar-refractivity contribution in [3.8, 4) is 11.5 Å². The van der Waals surface area contributed by atoms with E-state index in [4.69, 9.17) is 26.2 Å². The third kappa shape index (κ3) is 2.73. The zero-order chi connectivity index (χ0) is 14.0. The van der Waals surface area contributed by atoms with Crippen LogP contribution in [-0.2, 0) is 4.79 Å². The monoisotopic (exact) mass is 285 g/mol. The van der Waals surface area contributed by atoms with E-state index in [0.717, 1.165) is 0 Å². The van der Waals surface area contributed by atoms with Crippen molar-refractivity contribution < 1.29 is 24.2 Å². The maximum Gasteiger partial charge on any atom is 0.323 e. The normalized spacial score (nSPS) is 12.3. The fourth-order valence-electron chi connectivity index (χ4n) is 1.76. The molecule has 0 radical (unpaired) electrons. The molecule has 0 aromatic heterocycles. The van der Waals surface area contributed by atoms with Crippen molar-refractivity contribution in [2.45, 2.75) is 6.92 Å². The fourth-order valence-corrected chi connectivity index (χ4v) is 2.03. The van der Waals surface area contributed by atoms with Gasteiger partial charge < -0.3 is 19.5 Å². The van der Waals surface area contributed by atoms with Crippen LogP contribution in [0.15, 0.2) is 12.1 Å². The molecule has 1 amide bonds. The van der Waals surface area contributed by atoms with Crippen molar-refractivity contribution in [2.24, 2.45) is 0 Å². The lowest BCUT2D eigenvalue weighted by atomic mass is 10.1. The van der Waals surface area contributed by atoms with E-state index in [1.54, 1.807) is 6.92 Å². The second kappa shape index (κ2) is 5.36. The van der Waals surface area contributed by atoms with Gasteiger partial charge in [0.15, 0.2) is 11.5 Å². The number of hydrogen-bond acceptors (Lipinski definition) is 4. The number of nitrogens with zero attached hydrogens (tertiary/aromatic N) is 1. The first-order chi connectivity index (χ1) is 9.02. The summed E-state index contributed by atoms with van der Waals surface area (Å²) in [6.45, 7) is 1.69. The largest absolute Gasteiger partial charge is 0.480 e. The number of hydrogen-bond donors (Lipinski definition) is 1. The first-order valence-electron chi connectivity index (χ1n) is 5.63. The van der Waals surface area contributed by atoms with E-state index in [0.29, 0.717) is 11.5 Å². The molecule has 1 aromatic carbocycles. The number of carbonyl (C=O) groups excluding carboxylic acids is 1. The van der Waals surface area contributed by atoms with Crippen LogP contribution in [0.5, 0.6) is 11.5 Å². The minimum absolute atomic E-state index is 0.0549. The summed E-state index contributed by atoms with van der Waals surface area (Å²) < 4.78 is 10.3. The minimum Gasteiger partial charge on any atom is -0.480 e. The van der Waals surface area contributed by atoms with Crippen LogP contribution >= 0.6 is 11.6 Å². The van der Waals surface area contributed by atoms with Gasteiger partial charge in [-0.1, -0.05) is 11.6 Å². The maximum absolute atomic E-state index is 12.2. The standard InChI is InChI=1S/C12H12ClNO5/c1-2-14(5-10(15)16)12(17)7-3-8(13)11-9(4-7)18-6-19-11/h3-4H,2,5-6H2,1H3,(H,15,16). The van der Waals surface area contributed by atoms with E-state index in [9.17, 15) is 9.59 Å². The molecule has 102 valence electrons. The zero-order valence-electron chi connectivity index (χ0n) is 10.2. The lowest BCUT2D eigenvalue weighted by molar-refractivity contribution is -0.137. The molecule has 19 heavy (non-hydrogen) atoms. The van der Waals surface area contributed by atoms with E-state index >= 15 is 0 Å². The van der Waals surface area contributed by atoms with Crippen LogP contribution in [0.4, 0.5) is 0 Å². The molecular weight excluding hydrogens is 274 g/mol. The van der Waals surface area contributed by atoms with Crippen molar-refractivity contribution in [1.29, 1.82) is 0 Å². The van der Waals surface area contributed by atoms with Gasteiger partial charge in [-0.15, -0.1) is 0 Å². The lowest BCUT2D eigenvalue weighted by Crippen LogP contribution is -2.35. The highest BCUT2D eigenvalue weighted by molar-refractivity contribution is 6.32. The summed E-state index contributed by atoms with van der Waals surface area (Å²) in [6.07, 6.45) is 0. The van der Waals surface area contributed by atoms with Crippen molar-refractivity contribution in [1.82, 2.24) is 4.90 Å². The average Bonchev–Trinajstić information content (AvgIpc) is 2.83. The molecule has 1 aromatic rings. The number of carbonyl (C=O) groups is 2. The average molecular weight is 286 g/mol. The molecule has 0 spiro atoms. The SMILES string of the molecule is CCN(CC(=O)O)C(=O)c1cc(Cl)c2c(c1)OCO2. The van der Waals surface area contributed by atoms with Gasteiger partial charge in [-0.3, -0.25) is 9.59 Å². The van der Waals surface area contributed by atoms with Gasteiger partial charge in [0.25, 0.3) is 5.91 Å². The molecule has 0 saturated heterocycles. The summed E-state index contributed by atoms with van der Waals surface area (Å²) in [5.74, 6) is -0.686. The predicted molar refractivity (Wildman–Crippen MR) is 66.8 cm³/mol. The molecule has 0 bridgehead atoms. The number of rotatable bonds is 4. The highest BCUT2D eigenvalue weighted by Gasteiger charge is 2.23. The topological polar surface area (TPSA) is 76.1 Å². The molecule has 0 saturated carbocycles. The number of benzene rings is 1. The van der Waals surface area contributed by atoms with E-state index in [1.807, 2.05) is 0 Å². The lowest BCUT2D eigenvalue weighted by Gasteiger charge is -2.18. The Morgan fingerprint density at radius 2 is 2.16 bits per heavy atom. The Morgan fingerprint density at radius 1 is 1.42 bits per heavy atom. The van der Waals surface area contributed by atoms with Crippen molar-refractivity contribution >= 4 is 23.5 Å². The Morgan fingerprint density at radius 3 is 2.79 bits per heavy atom. The van der Waals surface area contributed by atoms with Gasteiger partial charge in [-0.05, 0) is 19.1 Å². The number of fused-ring (bicyclic) bond motifs is 1. The summed E-state index contributed by atoms with van der Waals surface area (Å²) >= 11 is 5.98. The Balaban J connectivity index is 2.28. The molecule has 1 heterocycles. The number of halogens is 1. The summed E-state index contributed by atoms with van der Waals surface area (Å²) in [5, 5.41) is 9.02. The molecule has 6 nitrogen and oxygen atoms in total. The maximum atomic E-state index is 12.2. The molecule has 0 aliphatic carbocycles. The number of carboxylic acid groups (broad SMARTS) is 1. The van der Waals surface area contributed by atoms with Gasteiger partial charge in [0.1, 0.15) is 6.54 Å². The number of aliphatic carboxylic acids is 1. The minimum atomic E-state index is -1.07. The second-order valence-corrected chi connectivity index (χ2v) is 4.31. The van der Waals surface area contributed by atoms with Crippen molar-refractivity contribution in [2.75, 3.05) is 19.9 Å². The van der Waals surface area contributed by atoms with Crippen LogP contribution in [0, 0.1) is 0 Å². The first kappa shape index (κ1) is 13.5. The summed E-state index contributed by atoms with van der Waals surface area (Å²) in [6, 6.07) is 2.95. The Bertz CT molecular complexity index is 531. The van der Waals surface area contributed by atoms with Crippen LogP contribution in [0.25, 0.3) is 0 Å². The molecule has 1 N–H and O–H groups in total. The number of likely N-dealkylation sites (N-methyl/N-ethyl adjacent to an activating group) is 1. The third-order valence-electron chi connectivity index (χ3n) is 2.67. The molecule has 1 aliphatic rings. The number of carboxylic acids is 1. The Hall–Kier alpha value is -1.95. The number of ether oxygens (including phenoxy) is 2. The first-order valence-corrected chi connectivity index (χ1v) is 6.01. The fraction of sp³-hybridized carbons (Fsp3) is 0.333. The number of amides is 1. The van der Waals surface area contributed by atoms with Crippen LogP contribution in [0.2, 0.25) is 5.02 Å². The summed E-state index contributed by atoms with van der Waals surface area (Å²) in [7, 11) is 0. The Kier molecular flexibility index (Phi) is 3.80. The molecular formula is C12H12ClNO5. The molecule has 7 heteroatoms. The third-order valence-corrected chi connectivity index (χ3v) is 2.95. The van der Waals surface area contributed by atoms with Crippen LogP contribution < -0.4 is 9.47 Å². The predicted octanol–water partition coefficient (Wildman–Crippen LogP) is 1.62. The van der Waals surface area contributed by atoms with Crippen LogP contribution in [-0.4, -0.2) is 41.8 Å². The smallest absolute Gasteiger partial charge is 0.323 e. The van der Waals surface area contributed by atoms with E-state index in [-0.39, 0.29) is 30.5 Å². The van der Waals surface area contributed by atoms with Crippen LogP contribution in [0.3, 0.4) is 0 Å². The highest BCUT2D eigenvalue weighted by atomic mass is 35.5. The zero-order valence-corrected chi connectivity index (χ0v) is 10.9. The highest BCUT2D eigenvalue weighted by Crippen LogP contribution is 2.39. The molecule has 0 unspecified atom stereocenters. The van der Waals surface area contributed by atoms with E-state index < -0.39 is 11.9 Å². The van der Waals surface area contributed by atoms with Crippen molar-refractivity contribution in [3.05, 3.63) is 22.7 Å². The van der Waals surface area contributed by atoms with Gasteiger partial charge in [0.05, 0.1) is 5.02 Å².